The monoisotopic (exact) mass is 981 g/mol. The summed E-state index contributed by atoms with van der Waals surface area (Å²) >= 11 is 0. The Balaban J connectivity index is 0.673. The van der Waals surface area contributed by atoms with Gasteiger partial charge in [-0.25, -0.2) is 18.6 Å². The van der Waals surface area contributed by atoms with Gasteiger partial charge in [0.1, 0.15) is 23.3 Å². The first-order chi connectivity index (χ1) is 34.7. The number of nitrogens with zero attached hydrogens (tertiary/aromatic N) is 9. The van der Waals surface area contributed by atoms with Gasteiger partial charge in [-0.1, -0.05) is 6.08 Å². The van der Waals surface area contributed by atoms with Crippen LogP contribution in [0.2, 0.25) is 0 Å². The number of amides is 3. The molecule has 11 rings (SSSR count). The van der Waals surface area contributed by atoms with Gasteiger partial charge < -0.3 is 19.7 Å². The SMILES string of the molecule is Cc1cc(C(=O)N2CCC(CN3CCN(Cc4cc5c(cc4F)n([C@@H]4CCC(=O)NC4=O)c(=O)n5C)CC3)CC2)cc(F)c1C1=CCN([C@@H](C)c2cc3c(-n4ccc5c(c4=O)CCN5)ccnc3n2C)CC1. The van der Waals surface area contributed by atoms with E-state index in [0.717, 1.165) is 103 Å². The Morgan fingerprint density at radius 1 is 0.847 bits per heavy atom. The number of benzene rings is 2. The molecule has 3 fully saturated rings. The number of fused-ring (bicyclic) bond motifs is 3. The maximum Gasteiger partial charge on any atom is 0.329 e. The van der Waals surface area contributed by atoms with Crippen molar-refractivity contribution in [1.82, 2.24) is 48.2 Å². The van der Waals surface area contributed by atoms with Crippen LogP contribution in [0.5, 0.6) is 0 Å². The molecule has 18 heteroatoms. The third-order valence-electron chi connectivity index (χ3n) is 16.2. The molecule has 376 valence electrons. The summed E-state index contributed by atoms with van der Waals surface area (Å²) in [7, 11) is 3.62. The standard InChI is InChI=1S/C54H61F2N11O5/c1-32-25-36(26-41(56)49(32)35-11-18-64(19-12-35)33(2)45-28-39-43(8-15-58-50(39)60(45)3)66-20-13-42-38(53(66)71)7-14-57-42)52(70)65-16-9-34(10-17-65)30-62-21-23-63(24-22-62)31-37-27-46-47(29-40(37)55)67(54(72)61(46)4)44-5-6-48(68)59-51(44)69/h8,11,13,15,20,25-29,33-34,44,57H,5-7,9-10,12,14,16-19,21-24,30-31H2,1-4H3,(H,59,68,69)/t33-,44+/m0/s1. The second-order valence-electron chi connectivity index (χ2n) is 20.5. The van der Waals surface area contributed by atoms with Crippen LogP contribution in [-0.2, 0) is 36.6 Å². The third kappa shape index (κ3) is 8.55. The van der Waals surface area contributed by atoms with E-state index >= 15 is 8.78 Å². The first kappa shape index (κ1) is 47.6. The maximum absolute atomic E-state index is 16.1. The number of rotatable bonds is 10. The van der Waals surface area contributed by atoms with Crippen molar-refractivity contribution < 1.29 is 23.2 Å². The molecule has 3 amide bonds. The number of piperazine rings is 1. The van der Waals surface area contributed by atoms with E-state index in [9.17, 15) is 24.0 Å². The fraction of sp³-hybridized carbons (Fsp3) is 0.444. The summed E-state index contributed by atoms with van der Waals surface area (Å²) in [6.07, 6.45) is 9.08. The first-order valence-electron chi connectivity index (χ1n) is 25.4. The normalized spacial score (nSPS) is 20.0. The number of carbonyl (C=O) groups excluding carboxylic acids is 3. The molecule has 2 aromatic carbocycles. The molecule has 5 aliphatic heterocycles. The molecule has 0 saturated carbocycles. The van der Waals surface area contributed by atoms with Gasteiger partial charge in [-0.2, -0.15) is 0 Å². The molecule has 3 saturated heterocycles. The van der Waals surface area contributed by atoms with E-state index < -0.39 is 23.5 Å². The number of piperidine rings is 2. The molecule has 5 aliphatic rings. The van der Waals surface area contributed by atoms with E-state index in [1.165, 1.54) is 21.3 Å². The molecule has 6 aromatic rings. The van der Waals surface area contributed by atoms with E-state index in [0.29, 0.717) is 72.7 Å². The summed E-state index contributed by atoms with van der Waals surface area (Å²) in [5, 5.41) is 6.49. The van der Waals surface area contributed by atoms with Crippen molar-refractivity contribution in [2.45, 2.75) is 71.0 Å². The van der Waals surface area contributed by atoms with Crippen LogP contribution in [0.15, 0.2) is 70.5 Å². The largest absolute Gasteiger partial charge is 0.384 e. The molecule has 0 spiro atoms. The molecule has 2 atom stereocenters. The summed E-state index contributed by atoms with van der Waals surface area (Å²) in [5.41, 5.74) is 7.96. The van der Waals surface area contributed by atoms with Gasteiger partial charge in [-0.05, 0) is 99.4 Å². The molecule has 9 heterocycles. The van der Waals surface area contributed by atoms with Gasteiger partial charge >= 0.3 is 5.69 Å². The van der Waals surface area contributed by atoms with Crippen molar-refractivity contribution in [3.05, 3.63) is 127 Å². The molecule has 16 nitrogen and oxygen atoms in total. The Labute approximate surface area is 415 Å². The Hall–Kier alpha value is -6.76. The minimum Gasteiger partial charge on any atom is -0.384 e. The summed E-state index contributed by atoms with van der Waals surface area (Å²) in [6, 6.07) is 11.4. The molecule has 0 bridgehead atoms. The molecular formula is C54H61F2N11O5. The molecule has 4 aromatic heterocycles. The lowest BCUT2D eigenvalue weighted by molar-refractivity contribution is -0.135. The van der Waals surface area contributed by atoms with Crippen molar-refractivity contribution in [2.75, 3.05) is 70.8 Å². The fourth-order valence-electron chi connectivity index (χ4n) is 12.1. The van der Waals surface area contributed by atoms with Crippen LogP contribution in [0.25, 0.3) is 33.3 Å². The van der Waals surface area contributed by atoms with Crippen LogP contribution in [-0.4, -0.2) is 126 Å². The number of anilines is 1. The number of hydrogen-bond donors (Lipinski definition) is 2. The third-order valence-corrected chi connectivity index (χ3v) is 16.2. The zero-order valence-electron chi connectivity index (χ0n) is 41.3. The summed E-state index contributed by atoms with van der Waals surface area (Å²) in [4.78, 5) is 78.5. The van der Waals surface area contributed by atoms with Crippen molar-refractivity contribution in [3.8, 4) is 5.69 Å². The second-order valence-corrected chi connectivity index (χ2v) is 20.5. The zero-order valence-corrected chi connectivity index (χ0v) is 41.3. The number of nitrogens with one attached hydrogen (secondary N) is 2. The van der Waals surface area contributed by atoms with Gasteiger partial charge in [0, 0.05) is 156 Å². The number of imide groups is 1. The number of carbonyl (C=O) groups is 3. The minimum atomic E-state index is -0.875. The average Bonchev–Trinajstić information content (AvgIpc) is 4.06. The quantitative estimate of drug-likeness (QED) is 0.170. The van der Waals surface area contributed by atoms with Crippen molar-refractivity contribution in [1.29, 1.82) is 0 Å². The fourth-order valence-corrected chi connectivity index (χ4v) is 12.1. The number of halogens is 2. The van der Waals surface area contributed by atoms with Crippen LogP contribution in [0.4, 0.5) is 14.5 Å². The molecule has 0 radical (unpaired) electrons. The van der Waals surface area contributed by atoms with Crippen LogP contribution >= 0.6 is 0 Å². The van der Waals surface area contributed by atoms with E-state index in [-0.39, 0.29) is 42.1 Å². The minimum absolute atomic E-state index is 0.00986. The van der Waals surface area contributed by atoms with Gasteiger partial charge in [0.05, 0.1) is 16.7 Å². The van der Waals surface area contributed by atoms with E-state index in [1.54, 1.807) is 23.9 Å². The molecular weight excluding hydrogens is 921 g/mol. The summed E-state index contributed by atoms with van der Waals surface area (Å²) in [6.45, 7) is 11.9. The van der Waals surface area contributed by atoms with Crippen molar-refractivity contribution >= 4 is 51.0 Å². The highest BCUT2D eigenvalue weighted by Gasteiger charge is 2.33. The van der Waals surface area contributed by atoms with Gasteiger partial charge in [-0.3, -0.25) is 48.0 Å². The maximum atomic E-state index is 16.1. The highest BCUT2D eigenvalue weighted by atomic mass is 19.1. The number of pyridine rings is 2. The lowest BCUT2D eigenvalue weighted by Crippen LogP contribution is -2.48. The highest BCUT2D eigenvalue weighted by molar-refractivity contribution is 6.00. The average molecular weight is 982 g/mol. The van der Waals surface area contributed by atoms with Gasteiger partial charge in [0.25, 0.3) is 11.5 Å². The number of likely N-dealkylation sites (tertiary alicyclic amines) is 1. The summed E-state index contributed by atoms with van der Waals surface area (Å²) in [5.74, 6) is -1.47. The Morgan fingerprint density at radius 2 is 1.62 bits per heavy atom. The van der Waals surface area contributed by atoms with E-state index in [1.807, 2.05) is 43.3 Å². The lowest BCUT2D eigenvalue weighted by Gasteiger charge is -2.39. The van der Waals surface area contributed by atoms with E-state index in [2.05, 4.69) is 49.0 Å². The van der Waals surface area contributed by atoms with Gasteiger partial charge in [0.15, 0.2) is 0 Å². The van der Waals surface area contributed by atoms with Crippen LogP contribution in [0.1, 0.15) is 89.4 Å². The number of hydrogen-bond acceptors (Lipinski definition) is 10. The molecule has 0 aliphatic carbocycles. The number of aromatic nitrogens is 5. The molecule has 72 heavy (non-hydrogen) atoms. The van der Waals surface area contributed by atoms with Gasteiger partial charge in [-0.15, -0.1) is 0 Å². The molecule has 0 unspecified atom stereocenters. The van der Waals surface area contributed by atoms with Crippen LogP contribution in [0, 0.1) is 24.5 Å². The Bertz CT molecular complexity index is 3310. The topological polar surface area (TPSA) is 155 Å². The van der Waals surface area contributed by atoms with E-state index in [4.69, 9.17) is 4.98 Å². The zero-order chi connectivity index (χ0) is 50.1. The van der Waals surface area contributed by atoms with Crippen LogP contribution < -0.4 is 21.9 Å². The Morgan fingerprint density at radius 3 is 2.36 bits per heavy atom. The number of aryl methyl sites for hydroxylation is 3. The van der Waals surface area contributed by atoms with Gasteiger partial charge in [0.2, 0.25) is 11.8 Å². The summed E-state index contributed by atoms with van der Waals surface area (Å²) < 4.78 is 38.3. The molecule has 2 N–H and O–H groups in total. The smallest absolute Gasteiger partial charge is 0.329 e. The predicted molar refractivity (Wildman–Crippen MR) is 271 cm³/mol. The van der Waals surface area contributed by atoms with Crippen molar-refractivity contribution in [3.63, 3.8) is 0 Å². The first-order valence-corrected chi connectivity index (χ1v) is 25.4. The number of imidazole rings is 1. The highest BCUT2D eigenvalue weighted by Crippen LogP contribution is 2.35. The Kier molecular flexibility index (Phi) is 12.6. The van der Waals surface area contributed by atoms with Crippen molar-refractivity contribution in [2.24, 2.45) is 20.0 Å². The lowest BCUT2D eigenvalue weighted by atomic mass is 9.92. The predicted octanol–water partition coefficient (Wildman–Crippen LogP) is 5.43. The second kappa shape index (κ2) is 19.0. The van der Waals surface area contributed by atoms with Crippen LogP contribution in [0.3, 0.4) is 0 Å².